The highest BCUT2D eigenvalue weighted by Gasteiger charge is 2.17. The molecule has 1 aromatic carbocycles. The van der Waals surface area contributed by atoms with Crippen LogP contribution in [0.1, 0.15) is 32.8 Å². The van der Waals surface area contributed by atoms with Crippen LogP contribution in [-0.4, -0.2) is 54.7 Å². The number of carbonyl (C=O) groups is 1. The zero-order valence-corrected chi connectivity index (χ0v) is 18.4. The van der Waals surface area contributed by atoms with E-state index in [9.17, 15) is 4.79 Å². The zero-order chi connectivity index (χ0) is 21.6. The van der Waals surface area contributed by atoms with E-state index in [1.165, 1.54) is 5.56 Å². The number of hydrogen-bond acceptors (Lipinski definition) is 5. The maximum atomic E-state index is 12.0. The van der Waals surface area contributed by atoms with Crippen molar-refractivity contribution < 1.29 is 9.53 Å². The van der Waals surface area contributed by atoms with Crippen molar-refractivity contribution in [2.75, 3.05) is 43.5 Å². The largest absolute Gasteiger partial charge is 0.497 e. The molecule has 2 heterocycles. The van der Waals surface area contributed by atoms with Gasteiger partial charge in [-0.3, -0.25) is 4.90 Å². The lowest BCUT2D eigenvalue weighted by Crippen LogP contribution is -2.43. The van der Waals surface area contributed by atoms with Crippen LogP contribution in [0.5, 0.6) is 5.75 Å². The van der Waals surface area contributed by atoms with Crippen LogP contribution in [0.25, 0.3) is 0 Å². The number of aromatic nitrogens is 1. The van der Waals surface area contributed by atoms with E-state index in [2.05, 4.69) is 37.6 Å². The molecule has 0 atom stereocenters. The molecule has 2 aromatic rings. The first-order chi connectivity index (χ1) is 14.3. The summed E-state index contributed by atoms with van der Waals surface area (Å²) in [6.45, 7) is 10.7. The highest BCUT2D eigenvalue weighted by Crippen LogP contribution is 2.18. The maximum Gasteiger partial charge on any atom is 0.319 e. The molecule has 0 unspecified atom stereocenters. The summed E-state index contributed by atoms with van der Waals surface area (Å²) in [4.78, 5) is 21.4. The molecule has 3 rings (SSSR count). The van der Waals surface area contributed by atoms with Gasteiger partial charge in [0.25, 0.3) is 0 Å². The summed E-state index contributed by atoms with van der Waals surface area (Å²) in [5.41, 5.74) is 1.71. The van der Waals surface area contributed by atoms with Gasteiger partial charge in [0.15, 0.2) is 0 Å². The van der Waals surface area contributed by atoms with Gasteiger partial charge in [-0.25, -0.2) is 9.78 Å². The van der Waals surface area contributed by atoms with Gasteiger partial charge in [0.1, 0.15) is 11.6 Å². The summed E-state index contributed by atoms with van der Waals surface area (Å²) in [6, 6.07) is 12.0. The SMILES string of the molecule is COc1ccc(CN2CCCN(c3ccc(NC(=O)NC(C)(C)C)cn3)CC2)cc1. The normalized spacial score (nSPS) is 15.4. The maximum absolute atomic E-state index is 12.0. The standard InChI is InChI=1S/C23H33N5O2/c1-23(2,3)26-22(29)25-19-8-11-21(24-16-19)28-13-5-12-27(14-15-28)17-18-6-9-20(30-4)10-7-18/h6-11,16H,5,12-15,17H2,1-4H3,(H2,25,26,29). The number of ether oxygens (including phenoxy) is 1. The molecule has 1 aromatic heterocycles. The third-order valence-corrected chi connectivity index (χ3v) is 4.97. The molecule has 7 nitrogen and oxygen atoms in total. The summed E-state index contributed by atoms with van der Waals surface area (Å²) in [7, 11) is 1.69. The van der Waals surface area contributed by atoms with Gasteiger partial charge in [-0.15, -0.1) is 0 Å². The second-order valence-electron chi connectivity index (χ2n) is 8.70. The molecule has 30 heavy (non-hydrogen) atoms. The van der Waals surface area contributed by atoms with Crippen molar-refractivity contribution in [1.82, 2.24) is 15.2 Å². The molecule has 2 amide bonds. The second kappa shape index (κ2) is 9.80. The Bertz CT molecular complexity index is 815. The van der Waals surface area contributed by atoms with Gasteiger partial charge >= 0.3 is 6.03 Å². The van der Waals surface area contributed by atoms with Crippen LogP contribution >= 0.6 is 0 Å². The van der Waals surface area contributed by atoms with Gasteiger partial charge in [0.05, 0.1) is 19.0 Å². The lowest BCUT2D eigenvalue weighted by atomic mass is 10.1. The topological polar surface area (TPSA) is 69.7 Å². The van der Waals surface area contributed by atoms with Gasteiger partial charge in [-0.05, 0) is 57.0 Å². The van der Waals surface area contributed by atoms with Crippen LogP contribution in [0.2, 0.25) is 0 Å². The molecule has 0 radical (unpaired) electrons. The molecule has 1 aliphatic heterocycles. The third-order valence-electron chi connectivity index (χ3n) is 4.97. The van der Waals surface area contributed by atoms with Crippen LogP contribution in [0.4, 0.5) is 16.3 Å². The quantitative estimate of drug-likeness (QED) is 0.785. The number of pyridine rings is 1. The Balaban J connectivity index is 1.52. The number of methoxy groups -OCH3 is 1. The monoisotopic (exact) mass is 411 g/mol. The van der Waals surface area contributed by atoms with E-state index in [4.69, 9.17) is 4.74 Å². The molecular formula is C23H33N5O2. The highest BCUT2D eigenvalue weighted by molar-refractivity contribution is 5.89. The van der Waals surface area contributed by atoms with Gasteiger partial charge < -0.3 is 20.3 Å². The van der Waals surface area contributed by atoms with Crippen LogP contribution < -0.4 is 20.3 Å². The summed E-state index contributed by atoms with van der Waals surface area (Å²) in [6.07, 6.45) is 2.81. The van der Waals surface area contributed by atoms with E-state index in [0.717, 1.165) is 50.7 Å². The first-order valence-electron chi connectivity index (χ1n) is 10.5. The molecule has 0 bridgehead atoms. The van der Waals surface area contributed by atoms with E-state index < -0.39 is 0 Å². The molecule has 0 aliphatic carbocycles. The summed E-state index contributed by atoms with van der Waals surface area (Å²) >= 11 is 0. The van der Waals surface area contributed by atoms with Crippen molar-refractivity contribution in [3.8, 4) is 5.75 Å². The van der Waals surface area contributed by atoms with Crippen molar-refractivity contribution in [3.05, 3.63) is 48.2 Å². The fourth-order valence-corrected chi connectivity index (χ4v) is 3.50. The molecule has 1 fully saturated rings. The smallest absolute Gasteiger partial charge is 0.319 e. The van der Waals surface area contributed by atoms with Crippen molar-refractivity contribution >= 4 is 17.5 Å². The number of amides is 2. The minimum atomic E-state index is -0.277. The second-order valence-corrected chi connectivity index (χ2v) is 8.70. The Morgan fingerprint density at radius 2 is 1.83 bits per heavy atom. The number of nitrogens with one attached hydrogen (secondary N) is 2. The molecule has 1 aliphatic rings. The Hall–Kier alpha value is -2.80. The number of nitrogens with zero attached hydrogens (tertiary/aromatic N) is 3. The minimum Gasteiger partial charge on any atom is -0.497 e. The van der Waals surface area contributed by atoms with Gasteiger partial charge in [0.2, 0.25) is 0 Å². The average Bonchev–Trinajstić information content (AvgIpc) is 2.93. The van der Waals surface area contributed by atoms with E-state index in [1.54, 1.807) is 13.3 Å². The molecule has 0 saturated carbocycles. The van der Waals surface area contributed by atoms with E-state index in [0.29, 0.717) is 5.69 Å². The molecule has 2 N–H and O–H groups in total. The Kier molecular flexibility index (Phi) is 7.15. The Morgan fingerprint density at radius 1 is 1.07 bits per heavy atom. The number of anilines is 2. The molecular weight excluding hydrogens is 378 g/mol. The lowest BCUT2D eigenvalue weighted by molar-refractivity contribution is 0.244. The van der Waals surface area contributed by atoms with E-state index in [-0.39, 0.29) is 11.6 Å². The summed E-state index contributed by atoms with van der Waals surface area (Å²) in [5.74, 6) is 1.84. The van der Waals surface area contributed by atoms with Gasteiger partial charge in [-0.1, -0.05) is 12.1 Å². The van der Waals surface area contributed by atoms with E-state index >= 15 is 0 Å². The van der Waals surface area contributed by atoms with Crippen LogP contribution in [0, 0.1) is 0 Å². The van der Waals surface area contributed by atoms with Gasteiger partial charge in [0, 0.05) is 38.3 Å². The third kappa shape index (κ3) is 6.62. The number of benzene rings is 1. The average molecular weight is 412 g/mol. The number of rotatable bonds is 5. The van der Waals surface area contributed by atoms with Crippen LogP contribution in [0.15, 0.2) is 42.6 Å². The lowest BCUT2D eigenvalue weighted by Gasteiger charge is -2.23. The molecule has 0 spiro atoms. The number of hydrogen-bond donors (Lipinski definition) is 2. The van der Waals surface area contributed by atoms with E-state index in [1.807, 2.05) is 45.0 Å². The fourth-order valence-electron chi connectivity index (χ4n) is 3.50. The highest BCUT2D eigenvalue weighted by atomic mass is 16.5. The first kappa shape index (κ1) is 21.9. The Labute approximate surface area is 179 Å². The van der Waals surface area contributed by atoms with Crippen molar-refractivity contribution in [2.45, 2.75) is 39.3 Å². The summed E-state index contributed by atoms with van der Waals surface area (Å²) < 4.78 is 5.24. The molecule has 162 valence electrons. The Morgan fingerprint density at radius 3 is 2.47 bits per heavy atom. The number of carbonyl (C=O) groups excluding carboxylic acids is 1. The fraction of sp³-hybridized carbons (Fsp3) is 0.478. The van der Waals surface area contributed by atoms with Crippen molar-refractivity contribution in [2.24, 2.45) is 0 Å². The zero-order valence-electron chi connectivity index (χ0n) is 18.4. The predicted octanol–water partition coefficient (Wildman–Crippen LogP) is 3.72. The summed E-state index contributed by atoms with van der Waals surface area (Å²) in [5, 5.41) is 5.72. The first-order valence-corrected chi connectivity index (χ1v) is 10.5. The van der Waals surface area contributed by atoms with Crippen molar-refractivity contribution in [1.29, 1.82) is 0 Å². The van der Waals surface area contributed by atoms with Crippen molar-refractivity contribution in [3.63, 3.8) is 0 Å². The number of urea groups is 1. The predicted molar refractivity (Wildman–Crippen MR) is 121 cm³/mol. The van der Waals surface area contributed by atoms with Crippen LogP contribution in [0.3, 0.4) is 0 Å². The van der Waals surface area contributed by atoms with Gasteiger partial charge in [-0.2, -0.15) is 0 Å². The molecule has 7 heteroatoms. The molecule has 1 saturated heterocycles. The minimum absolute atomic E-state index is 0.221. The van der Waals surface area contributed by atoms with Crippen LogP contribution in [-0.2, 0) is 6.54 Å².